The molecule has 2 bridgehead atoms. The Morgan fingerprint density at radius 3 is 2.91 bits per heavy atom. The number of fused-ring (bicyclic) bond motifs is 2. The van der Waals surface area contributed by atoms with Gasteiger partial charge in [0.05, 0.1) is 25.2 Å². The van der Waals surface area contributed by atoms with Crippen LogP contribution in [0.25, 0.3) is 0 Å². The average molecular weight is 316 g/mol. The molecule has 3 fully saturated rings. The lowest BCUT2D eigenvalue weighted by Gasteiger charge is -2.54. The summed E-state index contributed by atoms with van der Waals surface area (Å²) in [5.74, 6) is 0.0107. The highest BCUT2D eigenvalue weighted by atomic mass is 16.6. The summed E-state index contributed by atoms with van der Waals surface area (Å²) in [5.41, 5.74) is 0.214. The first-order chi connectivity index (χ1) is 11.1. The minimum Gasteiger partial charge on any atom is -0.487 e. The first-order valence-electron chi connectivity index (χ1n) is 8.02. The molecule has 1 spiro atoms. The van der Waals surface area contributed by atoms with Crippen LogP contribution in [0.2, 0.25) is 0 Å². The van der Waals surface area contributed by atoms with Crippen molar-refractivity contribution in [1.29, 1.82) is 0 Å². The van der Waals surface area contributed by atoms with Crippen LogP contribution in [0.15, 0.2) is 42.2 Å². The summed E-state index contributed by atoms with van der Waals surface area (Å²) in [7, 11) is 0. The van der Waals surface area contributed by atoms with Crippen molar-refractivity contribution in [1.82, 2.24) is 0 Å². The van der Waals surface area contributed by atoms with Crippen LogP contribution in [0.1, 0.15) is 18.9 Å². The zero-order valence-electron chi connectivity index (χ0n) is 13.0. The number of rotatable bonds is 4. The standard InChI is InChI=1S/C18H20O5/c1-11-8-18-13(10-21-9-12-5-3-2-4-6-12)16(20)17(11)22-14(18)7-15(19)23-18/h2-7,11,13,16-17,20H,8-10H2,1H3. The van der Waals surface area contributed by atoms with Crippen molar-refractivity contribution in [3.8, 4) is 0 Å². The molecule has 0 aromatic heterocycles. The van der Waals surface area contributed by atoms with Gasteiger partial charge in [-0.15, -0.1) is 0 Å². The lowest BCUT2D eigenvalue weighted by molar-refractivity contribution is -0.240. The van der Waals surface area contributed by atoms with E-state index in [-0.39, 0.29) is 17.9 Å². The van der Waals surface area contributed by atoms with Crippen LogP contribution in [0.4, 0.5) is 0 Å². The van der Waals surface area contributed by atoms with Crippen LogP contribution in [-0.4, -0.2) is 35.5 Å². The monoisotopic (exact) mass is 316 g/mol. The lowest BCUT2D eigenvalue weighted by Crippen LogP contribution is -2.64. The summed E-state index contributed by atoms with van der Waals surface area (Å²) in [5, 5.41) is 10.6. The number of aliphatic hydroxyl groups is 1. The van der Waals surface area contributed by atoms with Crippen LogP contribution in [0.5, 0.6) is 0 Å². The third-order valence-electron chi connectivity index (χ3n) is 5.15. The SMILES string of the molecule is CC1CC23OC(=O)C=C2OC1C(O)C3COCc1ccccc1. The molecule has 3 heterocycles. The van der Waals surface area contributed by atoms with Crippen molar-refractivity contribution in [2.24, 2.45) is 11.8 Å². The molecule has 1 aromatic carbocycles. The fourth-order valence-corrected chi connectivity index (χ4v) is 4.05. The number of carbonyl (C=O) groups is 1. The van der Waals surface area contributed by atoms with Crippen molar-refractivity contribution in [3.05, 3.63) is 47.7 Å². The predicted molar refractivity (Wildman–Crippen MR) is 81.2 cm³/mol. The van der Waals surface area contributed by atoms with Gasteiger partial charge in [-0.1, -0.05) is 37.3 Å². The number of ether oxygens (including phenoxy) is 3. The molecule has 1 aliphatic carbocycles. The molecule has 1 N–H and O–H groups in total. The Hall–Kier alpha value is -1.85. The van der Waals surface area contributed by atoms with E-state index in [0.29, 0.717) is 25.4 Å². The Labute approximate surface area is 134 Å². The van der Waals surface area contributed by atoms with Gasteiger partial charge in [-0.3, -0.25) is 0 Å². The van der Waals surface area contributed by atoms with Gasteiger partial charge in [-0.2, -0.15) is 0 Å². The second-order valence-electron chi connectivity index (χ2n) is 6.68. The molecule has 0 radical (unpaired) electrons. The quantitative estimate of drug-likeness (QED) is 0.858. The van der Waals surface area contributed by atoms with Gasteiger partial charge < -0.3 is 19.3 Å². The number of benzene rings is 1. The Bertz CT molecular complexity index is 640. The number of hydrogen-bond acceptors (Lipinski definition) is 5. The topological polar surface area (TPSA) is 65.0 Å². The molecule has 1 saturated carbocycles. The molecule has 5 rings (SSSR count). The van der Waals surface area contributed by atoms with Gasteiger partial charge >= 0.3 is 5.97 Å². The third kappa shape index (κ3) is 2.26. The van der Waals surface area contributed by atoms with Gasteiger partial charge in [0.15, 0.2) is 5.60 Å². The van der Waals surface area contributed by atoms with Crippen molar-refractivity contribution in [3.63, 3.8) is 0 Å². The van der Waals surface area contributed by atoms with E-state index >= 15 is 0 Å². The molecule has 3 aliphatic heterocycles. The van der Waals surface area contributed by atoms with Gasteiger partial charge in [-0.25, -0.2) is 4.79 Å². The summed E-state index contributed by atoms with van der Waals surface area (Å²) < 4.78 is 17.2. The van der Waals surface area contributed by atoms with E-state index in [4.69, 9.17) is 14.2 Å². The smallest absolute Gasteiger partial charge is 0.335 e. The Morgan fingerprint density at radius 2 is 2.13 bits per heavy atom. The maximum absolute atomic E-state index is 11.7. The second-order valence-corrected chi connectivity index (χ2v) is 6.68. The van der Waals surface area contributed by atoms with E-state index < -0.39 is 17.7 Å². The predicted octanol–water partition coefficient (Wildman–Crippen LogP) is 1.80. The minimum absolute atomic E-state index is 0.137. The summed E-state index contributed by atoms with van der Waals surface area (Å²) in [6.07, 6.45) is 1.08. The molecule has 0 amide bonds. The summed E-state index contributed by atoms with van der Waals surface area (Å²) >= 11 is 0. The number of carbonyl (C=O) groups excluding carboxylic acids is 1. The first-order valence-corrected chi connectivity index (χ1v) is 8.02. The molecular weight excluding hydrogens is 296 g/mol. The van der Waals surface area contributed by atoms with Gasteiger partial charge in [-0.05, 0) is 11.5 Å². The molecule has 5 atom stereocenters. The highest BCUT2D eigenvalue weighted by Crippen LogP contribution is 2.54. The summed E-state index contributed by atoms with van der Waals surface area (Å²) in [4.78, 5) is 11.7. The number of hydrogen-bond donors (Lipinski definition) is 1. The molecule has 23 heavy (non-hydrogen) atoms. The highest BCUT2D eigenvalue weighted by molar-refractivity contribution is 5.86. The van der Waals surface area contributed by atoms with Crippen LogP contribution in [-0.2, 0) is 25.6 Å². The molecule has 4 aliphatic rings. The molecule has 5 nitrogen and oxygen atoms in total. The Kier molecular flexibility index (Phi) is 3.43. The molecule has 1 aromatic rings. The second kappa shape index (κ2) is 5.35. The number of esters is 1. The molecule has 5 unspecified atom stereocenters. The van der Waals surface area contributed by atoms with Crippen molar-refractivity contribution < 1.29 is 24.1 Å². The fraction of sp³-hybridized carbons (Fsp3) is 0.500. The van der Waals surface area contributed by atoms with Gasteiger partial charge in [0.25, 0.3) is 0 Å². The zero-order valence-corrected chi connectivity index (χ0v) is 13.0. The molecule has 2 saturated heterocycles. The normalized spacial score (nSPS) is 37.8. The van der Waals surface area contributed by atoms with Crippen molar-refractivity contribution >= 4 is 5.97 Å². The van der Waals surface area contributed by atoms with E-state index in [9.17, 15) is 9.90 Å². The fourth-order valence-electron chi connectivity index (χ4n) is 4.05. The average Bonchev–Trinajstić information content (AvgIpc) is 2.86. The summed E-state index contributed by atoms with van der Waals surface area (Å²) in [6.45, 7) is 2.81. The van der Waals surface area contributed by atoms with Crippen LogP contribution < -0.4 is 0 Å². The largest absolute Gasteiger partial charge is 0.487 e. The van der Waals surface area contributed by atoms with Gasteiger partial charge in [0.1, 0.15) is 18.0 Å². The van der Waals surface area contributed by atoms with Crippen LogP contribution in [0, 0.1) is 11.8 Å². The minimum atomic E-state index is -0.860. The summed E-state index contributed by atoms with van der Waals surface area (Å²) in [6, 6.07) is 9.87. The Morgan fingerprint density at radius 1 is 1.35 bits per heavy atom. The molecular formula is C18H20O5. The maximum atomic E-state index is 11.7. The Balaban J connectivity index is 1.51. The van der Waals surface area contributed by atoms with E-state index in [1.807, 2.05) is 37.3 Å². The van der Waals surface area contributed by atoms with E-state index in [0.717, 1.165) is 5.56 Å². The molecule has 122 valence electrons. The maximum Gasteiger partial charge on any atom is 0.335 e. The van der Waals surface area contributed by atoms with Crippen LogP contribution in [0.3, 0.4) is 0 Å². The van der Waals surface area contributed by atoms with Crippen LogP contribution >= 0.6 is 0 Å². The highest BCUT2D eigenvalue weighted by Gasteiger charge is 2.64. The van der Waals surface area contributed by atoms with Gasteiger partial charge in [0.2, 0.25) is 0 Å². The third-order valence-corrected chi connectivity index (χ3v) is 5.15. The van der Waals surface area contributed by atoms with Crippen molar-refractivity contribution in [2.45, 2.75) is 37.8 Å². The number of aliphatic hydroxyl groups excluding tert-OH is 1. The lowest BCUT2D eigenvalue weighted by atomic mass is 9.65. The van der Waals surface area contributed by atoms with Crippen molar-refractivity contribution in [2.75, 3.05) is 6.61 Å². The van der Waals surface area contributed by atoms with E-state index in [1.165, 1.54) is 6.08 Å². The van der Waals surface area contributed by atoms with Gasteiger partial charge in [0, 0.05) is 6.42 Å². The zero-order chi connectivity index (χ0) is 16.0. The molecule has 5 heteroatoms. The first kappa shape index (κ1) is 14.7. The van der Waals surface area contributed by atoms with E-state index in [2.05, 4.69) is 0 Å². The van der Waals surface area contributed by atoms with E-state index in [1.54, 1.807) is 0 Å².